The first kappa shape index (κ1) is 19.0. The number of hydrogen-bond donors (Lipinski definition) is 0. The number of hydrogen-bond acceptors (Lipinski definition) is 3. The summed E-state index contributed by atoms with van der Waals surface area (Å²) in [5, 5.41) is 8.90. The van der Waals surface area contributed by atoms with Crippen molar-refractivity contribution in [1.82, 2.24) is 0 Å². The van der Waals surface area contributed by atoms with Gasteiger partial charge in [-0.1, -0.05) is 50.6 Å². The van der Waals surface area contributed by atoms with Crippen LogP contribution in [0.1, 0.15) is 38.3 Å². The van der Waals surface area contributed by atoms with E-state index in [-0.39, 0.29) is 23.3 Å². The highest BCUT2D eigenvalue weighted by Gasteiger charge is 2.25. The minimum Gasteiger partial charge on any atom is -0.265 e. The van der Waals surface area contributed by atoms with Crippen LogP contribution in [0.4, 0.5) is 5.69 Å². The largest absolute Gasteiger partial charge is 0.265 e. The number of aryl methyl sites for hydroxylation is 1. The van der Waals surface area contributed by atoms with Crippen molar-refractivity contribution in [2.45, 2.75) is 44.4 Å². The van der Waals surface area contributed by atoms with Crippen molar-refractivity contribution in [2.24, 2.45) is 0 Å². The molecule has 0 aliphatic heterocycles. The van der Waals surface area contributed by atoms with Gasteiger partial charge in [-0.15, -0.1) is 0 Å². The van der Waals surface area contributed by atoms with Crippen LogP contribution < -0.4 is 4.31 Å². The first-order chi connectivity index (χ1) is 11.7. The Balaban J connectivity index is 2.44. The highest BCUT2D eigenvalue weighted by atomic mass is 32.2. The fraction of sp³-hybridized carbons (Fsp3) is 0.350. The fourth-order valence-corrected chi connectivity index (χ4v) is 3.97. The van der Waals surface area contributed by atoms with E-state index in [1.54, 1.807) is 24.3 Å². The van der Waals surface area contributed by atoms with Gasteiger partial charge in [-0.25, -0.2) is 8.42 Å². The van der Waals surface area contributed by atoms with Crippen molar-refractivity contribution in [3.63, 3.8) is 0 Å². The maximum absolute atomic E-state index is 13.1. The van der Waals surface area contributed by atoms with Gasteiger partial charge >= 0.3 is 0 Å². The fourth-order valence-electron chi connectivity index (χ4n) is 2.50. The number of anilines is 1. The molecule has 25 heavy (non-hydrogen) atoms. The summed E-state index contributed by atoms with van der Waals surface area (Å²) in [6.07, 6.45) is 0.132. The molecule has 0 radical (unpaired) electrons. The lowest BCUT2D eigenvalue weighted by molar-refractivity contribution is 0.584. The van der Waals surface area contributed by atoms with Crippen LogP contribution in [0.5, 0.6) is 0 Å². The summed E-state index contributed by atoms with van der Waals surface area (Å²) < 4.78 is 27.5. The molecule has 0 aliphatic carbocycles. The Morgan fingerprint density at radius 1 is 1.00 bits per heavy atom. The maximum atomic E-state index is 13.1. The van der Waals surface area contributed by atoms with E-state index in [1.807, 2.05) is 37.3 Å². The first-order valence-electron chi connectivity index (χ1n) is 8.23. The monoisotopic (exact) mass is 356 g/mol. The van der Waals surface area contributed by atoms with Gasteiger partial charge in [-0.05, 0) is 42.2 Å². The van der Waals surface area contributed by atoms with E-state index in [2.05, 4.69) is 20.8 Å². The van der Waals surface area contributed by atoms with Crippen molar-refractivity contribution in [3.05, 3.63) is 59.7 Å². The smallest absolute Gasteiger partial charge is 0.264 e. The summed E-state index contributed by atoms with van der Waals surface area (Å²) in [6.45, 7) is 8.33. The third-order valence-electron chi connectivity index (χ3n) is 4.06. The van der Waals surface area contributed by atoms with Crippen LogP contribution in [-0.2, 0) is 15.4 Å². The van der Waals surface area contributed by atoms with Gasteiger partial charge < -0.3 is 0 Å². The lowest BCUT2D eigenvalue weighted by Gasteiger charge is -2.24. The Morgan fingerprint density at radius 2 is 1.56 bits per heavy atom. The molecule has 0 N–H and O–H groups in total. The molecule has 0 aromatic heterocycles. The van der Waals surface area contributed by atoms with E-state index in [1.165, 1.54) is 4.31 Å². The van der Waals surface area contributed by atoms with E-state index in [4.69, 9.17) is 5.26 Å². The maximum Gasteiger partial charge on any atom is 0.264 e. The van der Waals surface area contributed by atoms with E-state index >= 15 is 0 Å². The third-order valence-corrected chi connectivity index (χ3v) is 5.90. The summed E-state index contributed by atoms with van der Waals surface area (Å²) in [7, 11) is -3.72. The second-order valence-electron chi connectivity index (χ2n) is 7.10. The predicted octanol–water partition coefficient (Wildman–Crippen LogP) is 4.40. The molecule has 0 atom stereocenters. The van der Waals surface area contributed by atoms with Gasteiger partial charge in [0.15, 0.2) is 0 Å². The molecule has 132 valence electrons. The molecule has 2 rings (SSSR count). The molecular formula is C20H24N2O2S. The molecule has 0 spiro atoms. The van der Waals surface area contributed by atoms with Gasteiger partial charge in [-0.3, -0.25) is 4.31 Å². The molecule has 4 nitrogen and oxygen atoms in total. The van der Waals surface area contributed by atoms with Gasteiger partial charge in [0.25, 0.3) is 10.0 Å². The first-order valence-corrected chi connectivity index (χ1v) is 9.67. The molecule has 0 amide bonds. The molecule has 0 bridgehead atoms. The molecule has 0 unspecified atom stereocenters. The summed E-state index contributed by atoms with van der Waals surface area (Å²) in [6, 6.07) is 16.3. The zero-order chi connectivity index (χ0) is 18.7. The topological polar surface area (TPSA) is 61.2 Å². The molecule has 0 saturated carbocycles. The zero-order valence-electron chi connectivity index (χ0n) is 15.2. The summed E-state index contributed by atoms with van der Waals surface area (Å²) in [5.41, 5.74) is 2.65. The predicted molar refractivity (Wildman–Crippen MR) is 101 cm³/mol. The number of rotatable bonds is 5. The molecule has 0 aliphatic rings. The highest BCUT2D eigenvalue weighted by molar-refractivity contribution is 7.92. The Labute approximate surface area is 150 Å². The van der Waals surface area contributed by atoms with Gasteiger partial charge in [0.1, 0.15) is 0 Å². The van der Waals surface area contributed by atoms with Gasteiger partial charge in [0, 0.05) is 6.54 Å². The minimum atomic E-state index is -3.72. The van der Waals surface area contributed by atoms with Crippen LogP contribution >= 0.6 is 0 Å². The summed E-state index contributed by atoms with van der Waals surface area (Å²) in [5.74, 6) is 0. The van der Waals surface area contributed by atoms with Crippen molar-refractivity contribution in [2.75, 3.05) is 10.8 Å². The zero-order valence-corrected chi connectivity index (χ0v) is 16.0. The Bertz CT molecular complexity index is 856. The third kappa shape index (κ3) is 4.40. The number of nitrogens with zero attached hydrogens (tertiary/aromatic N) is 2. The van der Waals surface area contributed by atoms with Crippen molar-refractivity contribution in [3.8, 4) is 6.07 Å². The number of benzene rings is 2. The van der Waals surface area contributed by atoms with Gasteiger partial charge in [0.2, 0.25) is 0 Å². The van der Waals surface area contributed by atoms with Gasteiger partial charge in [0.05, 0.1) is 23.1 Å². The molecule has 2 aromatic carbocycles. The second-order valence-corrected chi connectivity index (χ2v) is 8.96. The minimum absolute atomic E-state index is 0.0419. The molecule has 5 heteroatoms. The SMILES string of the molecule is Cc1ccc(N(CCC#N)S(=O)(=O)c2ccc(C(C)(C)C)cc2)cc1. The lowest BCUT2D eigenvalue weighted by atomic mass is 9.87. The van der Waals surface area contributed by atoms with E-state index < -0.39 is 10.0 Å². The van der Waals surface area contributed by atoms with E-state index in [0.29, 0.717) is 5.69 Å². The van der Waals surface area contributed by atoms with Crippen LogP contribution in [0.2, 0.25) is 0 Å². The average Bonchev–Trinajstić information content (AvgIpc) is 2.56. The molecular weight excluding hydrogens is 332 g/mol. The normalized spacial score (nSPS) is 11.8. The molecule has 2 aromatic rings. The quantitative estimate of drug-likeness (QED) is 0.797. The molecule has 0 fully saturated rings. The summed E-state index contributed by atoms with van der Waals surface area (Å²) in [4.78, 5) is 0.235. The van der Waals surface area contributed by atoms with E-state index in [0.717, 1.165) is 11.1 Å². The lowest BCUT2D eigenvalue weighted by Crippen LogP contribution is -2.32. The molecule has 0 heterocycles. The van der Waals surface area contributed by atoms with Crippen LogP contribution in [-0.4, -0.2) is 15.0 Å². The van der Waals surface area contributed by atoms with Gasteiger partial charge in [-0.2, -0.15) is 5.26 Å². The van der Waals surface area contributed by atoms with Crippen LogP contribution in [0.3, 0.4) is 0 Å². The second kappa shape index (κ2) is 7.28. The average molecular weight is 356 g/mol. The summed E-state index contributed by atoms with van der Waals surface area (Å²) >= 11 is 0. The highest BCUT2D eigenvalue weighted by Crippen LogP contribution is 2.27. The standard InChI is InChI=1S/C20H24N2O2S/c1-16-6-10-18(11-7-16)22(15-5-14-21)25(23,24)19-12-8-17(9-13-19)20(2,3)4/h6-13H,5,15H2,1-4H3. The Morgan fingerprint density at radius 3 is 2.04 bits per heavy atom. The van der Waals surface area contributed by atoms with Crippen LogP contribution in [0.25, 0.3) is 0 Å². The van der Waals surface area contributed by atoms with Crippen LogP contribution in [0, 0.1) is 18.3 Å². The van der Waals surface area contributed by atoms with Crippen molar-refractivity contribution in [1.29, 1.82) is 5.26 Å². The van der Waals surface area contributed by atoms with E-state index in [9.17, 15) is 8.42 Å². The van der Waals surface area contributed by atoms with Crippen molar-refractivity contribution >= 4 is 15.7 Å². The Hall–Kier alpha value is -2.32. The molecule has 0 saturated heterocycles. The van der Waals surface area contributed by atoms with Crippen molar-refractivity contribution < 1.29 is 8.42 Å². The number of nitriles is 1. The van der Waals surface area contributed by atoms with Crippen LogP contribution in [0.15, 0.2) is 53.4 Å². The Kier molecular flexibility index (Phi) is 5.54. The number of sulfonamides is 1.